The third-order valence-corrected chi connectivity index (χ3v) is 5.07. The van der Waals surface area contributed by atoms with E-state index in [-0.39, 0.29) is 36.5 Å². The number of esters is 1. The number of piperidine rings is 1. The number of carbonyl (C=O) groups is 2. The summed E-state index contributed by atoms with van der Waals surface area (Å²) in [5.74, 6) is 1.09. The van der Waals surface area contributed by atoms with Gasteiger partial charge in [0.2, 0.25) is 5.91 Å². The summed E-state index contributed by atoms with van der Waals surface area (Å²) in [5.41, 5.74) is 1.06. The molecule has 2 saturated heterocycles. The van der Waals surface area contributed by atoms with Crippen molar-refractivity contribution in [3.8, 4) is 11.5 Å². The van der Waals surface area contributed by atoms with E-state index < -0.39 is 0 Å². The Bertz CT molecular complexity index is 676. The van der Waals surface area contributed by atoms with E-state index >= 15 is 0 Å². The first kappa shape index (κ1) is 18.5. The van der Waals surface area contributed by atoms with Gasteiger partial charge in [0.15, 0.2) is 11.5 Å². The van der Waals surface area contributed by atoms with Gasteiger partial charge in [-0.1, -0.05) is 6.07 Å². The van der Waals surface area contributed by atoms with Crippen LogP contribution in [0.15, 0.2) is 18.2 Å². The van der Waals surface area contributed by atoms with Crippen LogP contribution in [0.4, 0.5) is 0 Å². The van der Waals surface area contributed by atoms with Crippen molar-refractivity contribution in [3.05, 3.63) is 23.8 Å². The Balaban J connectivity index is 1.67. The molecule has 0 unspecified atom stereocenters. The number of carbonyl (C=O) groups excluding carboxylic acids is 2. The van der Waals surface area contributed by atoms with Crippen LogP contribution in [0.2, 0.25) is 0 Å². The minimum absolute atomic E-state index is 0.00956. The van der Waals surface area contributed by atoms with Gasteiger partial charge in [-0.15, -0.1) is 0 Å². The number of amides is 1. The summed E-state index contributed by atoms with van der Waals surface area (Å²) < 4.78 is 21.2. The minimum atomic E-state index is -0.281. The predicted molar refractivity (Wildman–Crippen MR) is 93.0 cm³/mol. The Morgan fingerprint density at radius 2 is 2.00 bits per heavy atom. The SMILES string of the molecule is COC(=O)C[C@H]1CC(=O)N2[C@@H](Cc3ccc(OC)c(OC)c3)CO[C@H]2C1. The van der Waals surface area contributed by atoms with Crippen LogP contribution < -0.4 is 9.47 Å². The maximum absolute atomic E-state index is 12.6. The number of fused-ring (bicyclic) bond motifs is 1. The van der Waals surface area contributed by atoms with Gasteiger partial charge in [0, 0.05) is 12.8 Å². The lowest BCUT2D eigenvalue weighted by atomic mass is 9.91. The summed E-state index contributed by atoms with van der Waals surface area (Å²) in [6.45, 7) is 0.496. The van der Waals surface area contributed by atoms with E-state index in [1.807, 2.05) is 23.1 Å². The highest BCUT2D eigenvalue weighted by molar-refractivity contribution is 5.79. The van der Waals surface area contributed by atoms with Crippen molar-refractivity contribution in [2.45, 2.75) is 38.0 Å². The molecule has 142 valence electrons. The molecule has 1 aromatic rings. The average molecular weight is 363 g/mol. The van der Waals surface area contributed by atoms with Gasteiger partial charge in [0.25, 0.3) is 0 Å². The average Bonchev–Trinajstić information content (AvgIpc) is 3.04. The molecule has 1 amide bonds. The Morgan fingerprint density at radius 1 is 1.23 bits per heavy atom. The molecule has 0 aliphatic carbocycles. The largest absolute Gasteiger partial charge is 0.493 e. The predicted octanol–water partition coefficient (Wildman–Crippen LogP) is 1.77. The first-order valence-corrected chi connectivity index (χ1v) is 8.76. The number of hydrogen-bond donors (Lipinski definition) is 0. The number of ether oxygens (including phenoxy) is 4. The molecule has 3 atom stereocenters. The second-order valence-corrected chi connectivity index (χ2v) is 6.72. The molecule has 0 spiro atoms. The van der Waals surface area contributed by atoms with Gasteiger partial charge in [0.1, 0.15) is 6.23 Å². The van der Waals surface area contributed by atoms with Gasteiger partial charge in [-0.05, 0) is 36.5 Å². The summed E-state index contributed by atoms with van der Waals surface area (Å²) in [4.78, 5) is 26.0. The zero-order chi connectivity index (χ0) is 18.7. The van der Waals surface area contributed by atoms with Crippen LogP contribution in [0.25, 0.3) is 0 Å². The Hall–Kier alpha value is -2.28. The summed E-state index contributed by atoms with van der Waals surface area (Å²) in [6.07, 6.45) is 1.72. The number of methoxy groups -OCH3 is 3. The standard InChI is InChI=1S/C19H25NO6/c1-23-15-5-4-12(7-16(15)24-2)6-14-11-26-18-9-13(10-19(22)25-3)8-17(21)20(14)18/h4-5,7,13-14,18H,6,8-11H2,1-3H3/t13-,14-,18-/m0/s1. The summed E-state index contributed by atoms with van der Waals surface area (Å²) in [6, 6.07) is 5.76. The van der Waals surface area contributed by atoms with Crippen LogP contribution >= 0.6 is 0 Å². The monoisotopic (exact) mass is 363 g/mol. The smallest absolute Gasteiger partial charge is 0.305 e. The van der Waals surface area contributed by atoms with Crippen molar-refractivity contribution in [1.82, 2.24) is 4.90 Å². The summed E-state index contributed by atoms with van der Waals surface area (Å²) >= 11 is 0. The molecule has 26 heavy (non-hydrogen) atoms. The molecule has 2 heterocycles. The molecule has 0 bridgehead atoms. The molecule has 7 nitrogen and oxygen atoms in total. The van der Waals surface area contributed by atoms with Crippen LogP contribution in [-0.2, 0) is 25.5 Å². The molecular formula is C19H25NO6. The maximum Gasteiger partial charge on any atom is 0.305 e. The molecule has 3 rings (SSSR count). The van der Waals surface area contributed by atoms with Gasteiger partial charge in [-0.25, -0.2) is 0 Å². The van der Waals surface area contributed by atoms with Crippen LogP contribution in [0.1, 0.15) is 24.8 Å². The first-order valence-electron chi connectivity index (χ1n) is 8.76. The molecule has 2 aliphatic rings. The molecule has 7 heteroatoms. The van der Waals surface area contributed by atoms with E-state index in [0.717, 1.165) is 5.56 Å². The van der Waals surface area contributed by atoms with Gasteiger partial charge >= 0.3 is 5.97 Å². The van der Waals surface area contributed by atoms with Gasteiger partial charge in [-0.2, -0.15) is 0 Å². The summed E-state index contributed by atoms with van der Waals surface area (Å²) in [5, 5.41) is 0. The zero-order valence-electron chi connectivity index (χ0n) is 15.4. The van der Waals surface area contributed by atoms with E-state index in [1.54, 1.807) is 14.2 Å². The van der Waals surface area contributed by atoms with E-state index in [1.165, 1.54) is 7.11 Å². The third kappa shape index (κ3) is 3.77. The molecule has 1 aromatic carbocycles. The van der Waals surface area contributed by atoms with E-state index in [2.05, 4.69) is 0 Å². The van der Waals surface area contributed by atoms with E-state index in [9.17, 15) is 9.59 Å². The van der Waals surface area contributed by atoms with Crippen LogP contribution in [0.5, 0.6) is 11.5 Å². The highest BCUT2D eigenvalue weighted by atomic mass is 16.5. The first-order chi connectivity index (χ1) is 12.5. The lowest BCUT2D eigenvalue weighted by Gasteiger charge is -2.35. The Labute approximate surface area is 153 Å². The quantitative estimate of drug-likeness (QED) is 0.717. The number of nitrogens with zero attached hydrogens (tertiary/aromatic N) is 1. The molecule has 2 fully saturated rings. The summed E-state index contributed by atoms with van der Waals surface area (Å²) in [7, 11) is 4.57. The third-order valence-electron chi connectivity index (χ3n) is 5.07. The van der Waals surface area contributed by atoms with Gasteiger partial charge in [-0.3, -0.25) is 9.59 Å². The normalized spacial score (nSPS) is 25.0. The van der Waals surface area contributed by atoms with Crippen molar-refractivity contribution in [2.75, 3.05) is 27.9 Å². The molecule has 0 radical (unpaired) electrons. The van der Waals surface area contributed by atoms with Crippen molar-refractivity contribution in [3.63, 3.8) is 0 Å². The maximum atomic E-state index is 12.6. The second kappa shape index (κ2) is 7.95. The fraction of sp³-hybridized carbons (Fsp3) is 0.579. The van der Waals surface area contributed by atoms with Crippen molar-refractivity contribution in [2.24, 2.45) is 5.92 Å². The lowest BCUT2D eigenvalue weighted by Crippen LogP contribution is -2.48. The van der Waals surface area contributed by atoms with Gasteiger partial charge in [0.05, 0.1) is 34.0 Å². The Kier molecular flexibility index (Phi) is 5.66. The number of rotatable bonds is 6. The van der Waals surface area contributed by atoms with E-state index in [4.69, 9.17) is 18.9 Å². The van der Waals surface area contributed by atoms with Crippen molar-refractivity contribution < 1.29 is 28.5 Å². The molecule has 0 saturated carbocycles. The number of hydrogen-bond acceptors (Lipinski definition) is 6. The van der Waals surface area contributed by atoms with Crippen LogP contribution in [-0.4, -0.2) is 57.0 Å². The highest BCUT2D eigenvalue weighted by Crippen LogP contribution is 2.35. The van der Waals surface area contributed by atoms with Crippen molar-refractivity contribution >= 4 is 11.9 Å². The van der Waals surface area contributed by atoms with Gasteiger partial charge < -0.3 is 23.8 Å². The zero-order valence-corrected chi connectivity index (χ0v) is 15.4. The fourth-order valence-electron chi connectivity index (χ4n) is 3.80. The van der Waals surface area contributed by atoms with Crippen LogP contribution in [0.3, 0.4) is 0 Å². The van der Waals surface area contributed by atoms with Crippen molar-refractivity contribution in [1.29, 1.82) is 0 Å². The topological polar surface area (TPSA) is 74.3 Å². The lowest BCUT2D eigenvalue weighted by molar-refractivity contribution is -0.149. The fourth-order valence-corrected chi connectivity index (χ4v) is 3.80. The molecule has 0 N–H and O–H groups in total. The molecule has 0 aromatic heterocycles. The van der Waals surface area contributed by atoms with Crippen LogP contribution in [0, 0.1) is 5.92 Å². The molecule has 2 aliphatic heterocycles. The molecular weight excluding hydrogens is 338 g/mol. The minimum Gasteiger partial charge on any atom is -0.493 e. The second-order valence-electron chi connectivity index (χ2n) is 6.72. The van der Waals surface area contributed by atoms with E-state index in [0.29, 0.717) is 37.4 Å². The number of benzene rings is 1. The highest BCUT2D eigenvalue weighted by Gasteiger charge is 2.43. The Morgan fingerprint density at radius 3 is 2.69 bits per heavy atom.